The molecule has 2 N–H and O–H groups in total. The Kier molecular flexibility index (Phi) is 5.98. The van der Waals surface area contributed by atoms with E-state index in [9.17, 15) is 0 Å². The van der Waals surface area contributed by atoms with Crippen molar-refractivity contribution in [2.24, 2.45) is 11.7 Å². The lowest BCUT2D eigenvalue weighted by Crippen LogP contribution is -2.19. The zero-order valence-corrected chi connectivity index (χ0v) is 12.7. The van der Waals surface area contributed by atoms with E-state index in [0.29, 0.717) is 24.2 Å². The van der Waals surface area contributed by atoms with Crippen LogP contribution < -0.4 is 5.73 Å². The molecule has 2 unspecified atom stereocenters. The van der Waals surface area contributed by atoms with Gasteiger partial charge in [0, 0.05) is 13.0 Å². The predicted octanol–water partition coefficient (Wildman–Crippen LogP) is 3.18. The minimum absolute atomic E-state index is 0.0190. The maximum absolute atomic E-state index is 5.65. The average molecular weight is 281 g/mol. The van der Waals surface area contributed by atoms with E-state index in [0.717, 1.165) is 12.8 Å². The summed E-state index contributed by atoms with van der Waals surface area (Å²) in [6.07, 6.45) is 8.24. The molecule has 114 valence electrons. The molecule has 0 aromatic carbocycles. The molecule has 0 radical (unpaired) electrons. The van der Waals surface area contributed by atoms with Crippen molar-refractivity contribution in [2.75, 3.05) is 13.7 Å². The molecule has 5 nitrogen and oxygen atoms in total. The molecule has 0 spiro atoms. The number of nitrogens with two attached hydrogens (primary N) is 1. The van der Waals surface area contributed by atoms with Gasteiger partial charge in [-0.25, -0.2) is 0 Å². The van der Waals surface area contributed by atoms with Crippen molar-refractivity contribution in [2.45, 2.75) is 63.9 Å². The van der Waals surface area contributed by atoms with Crippen LogP contribution in [0.25, 0.3) is 0 Å². The molecule has 1 aromatic rings. The van der Waals surface area contributed by atoms with Crippen LogP contribution in [0.5, 0.6) is 0 Å². The van der Waals surface area contributed by atoms with E-state index in [1.54, 1.807) is 7.11 Å². The average Bonchev–Trinajstić information content (AvgIpc) is 2.96. The first-order chi connectivity index (χ1) is 9.76. The Labute approximate surface area is 121 Å². The second kappa shape index (κ2) is 7.74. The Balaban J connectivity index is 2.01. The minimum atomic E-state index is -0.0190. The number of ether oxygens (including phenoxy) is 1. The highest BCUT2D eigenvalue weighted by Crippen LogP contribution is 2.35. The van der Waals surface area contributed by atoms with Crippen LogP contribution >= 0.6 is 0 Å². The quantitative estimate of drug-likeness (QED) is 0.830. The van der Waals surface area contributed by atoms with Crippen LogP contribution in [0.3, 0.4) is 0 Å². The Bertz CT molecular complexity index is 388. The summed E-state index contributed by atoms with van der Waals surface area (Å²) in [4.78, 5) is 4.57. The molecule has 1 aliphatic rings. The third-order valence-corrected chi connectivity index (χ3v) is 4.31. The lowest BCUT2D eigenvalue weighted by molar-refractivity contribution is 0.0273. The molecule has 2 rings (SSSR count). The fourth-order valence-corrected chi connectivity index (χ4v) is 3.06. The van der Waals surface area contributed by atoms with E-state index in [4.69, 9.17) is 15.0 Å². The van der Waals surface area contributed by atoms with Gasteiger partial charge in [0.2, 0.25) is 11.7 Å². The molecule has 5 heteroatoms. The molecule has 0 saturated heterocycles. The molecule has 1 saturated carbocycles. The normalized spacial score (nSPS) is 19.9. The molecular weight excluding hydrogens is 254 g/mol. The van der Waals surface area contributed by atoms with Gasteiger partial charge in [-0.15, -0.1) is 0 Å². The monoisotopic (exact) mass is 281 g/mol. The Morgan fingerprint density at radius 3 is 2.75 bits per heavy atom. The summed E-state index contributed by atoms with van der Waals surface area (Å²) < 4.78 is 11.1. The number of aromatic nitrogens is 2. The third kappa shape index (κ3) is 3.79. The first-order valence-electron chi connectivity index (χ1n) is 7.82. The van der Waals surface area contributed by atoms with Crippen LogP contribution in [-0.2, 0) is 4.74 Å². The summed E-state index contributed by atoms with van der Waals surface area (Å²) in [5.74, 6) is 2.22. The van der Waals surface area contributed by atoms with Crippen molar-refractivity contribution in [3.05, 3.63) is 11.7 Å². The molecule has 0 aliphatic heterocycles. The SMILES string of the molecule is COC(c1noc(C(C)CCCN)n1)C1CCCCC1. The standard InChI is InChI=1S/C15H27N3O2/c1-11(7-6-10-16)15-17-14(18-20-15)13(19-2)12-8-4-3-5-9-12/h11-13H,3-10,16H2,1-2H3. The predicted molar refractivity (Wildman–Crippen MR) is 77.3 cm³/mol. The van der Waals surface area contributed by atoms with Crippen LogP contribution in [0.15, 0.2) is 4.52 Å². The number of hydrogen-bond donors (Lipinski definition) is 1. The van der Waals surface area contributed by atoms with Crippen molar-refractivity contribution >= 4 is 0 Å². The lowest BCUT2D eigenvalue weighted by Gasteiger charge is -2.26. The van der Waals surface area contributed by atoms with E-state index in [2.05, 4.69) is 17.1 Å². The van der Waals surface area contributed by atoms with Crippen molar-refractivity contribution in [3.8, 4) is 0 Å². The van der Waals surface area contributed by atoms with E-state index < -0.39 is 0 Å². The summed E-state index contributed by atoms with van der Waals surface area (Å²) in [5, 5.41) is 4.15. The smallest absolute Gasteiger partial charge is 0.229 e. The highest BCUT2D eigenvalue weighted by Gasteiger charge is 2.29. The summed E-state index contributed by atoms with van der Waals surface area (Å²) in [6, 6.07) is 0. The van der Waals surface area contributed by atoms with Gasteiger partial charge in [0.1, 0.15) is 6.10 Å². The number of rotatable bonds is 7. The molecule has 20 heavy (non-hydrogen) atoms. The summed E-state index contributed by atoms with van der Waals surface area (Å²) >= 11 is 0. The van der Waals surface area contributed by atoms with Gasteiger partial charge in [-0.3, -0.25) is 0 Å². The van der Waals surface area contributed by atoms with Gasteiger partial charge in [-0.2, -0.15) is 4.98 Å². The lowest BCUT2D eigenvalue weighted by atomic mass is 9.85. The molecule has 0 bridgehead atoms. The van der Waals surface area contributed by atoms with Gasteiger partial charge < -0.3 is 15.0 Å². The van der Waals surface area contributed by atoms with Crippen LogP contribution in [0.2, 0.25) is 0 Å². The molecular formula is C15H27N3O2. The topological polar surface area (TPSA) is 74.2 Å². The van der Waals surface area contributed by atoms with Crippen molar-refractivity contribution < 1.29 is 9.26 Å². The molecule has 1 aliphatic carbocycles. The van der Waals surface area contributed by atoms with Gasteiger partial charge in [-0.05, 0) is 38.1 Å². The Hall–Kier alpha value is -0.940. The van der Waals surface area contributed by atoms with Crippen molar-refractivity contribution in [1.82, 2.24) is 10.1 Å². The number of hydrogen-bond acceptors (Lipinski definition) is 5. The van der Waals surface area contributed by atoms with E-state index in [-0.39, 0.29) is 12.0 Å². The largest absolute Gasteiger partial charge is 0.373 e. The van der Waals surface area contributed by atoms with Gasteiger partial charge in [0.15, 0.2) is 0 Å². The highest BCUT2D eigenvalue weighted by molar-refractivity contribution is 4.98. The molecule has 1 heterocycles. The fourth-order valence-electron chi connectivity index (χ4n) is 3.06. The summed E-state index contributed by atoms with van der Waals surface area (Å²) in [7, 11) is 1.74. The van der Waals surface area contributed by atoms with Gasteiger partial charge in [0.25, 0.3) is 0 Å². The van der Waals surface area contributed by atoms with Crippen LogP contribution in [-0.4, -0.2) is 23.8 Å². The van der Waals surface area contributed by atoms with E-state index >= 15 is 0 Å². The zero-order valence-electron chi connectivity index (χ0n) is 12.7. The molecule has 1 aromatic heterocycles. The number of nitrogens with zero attached hydrogens (tertiary/aromatic N) is 2. The fraction of sp³-hybridized carbons (Fsp3) is 0.867. The first kappa shape index (κ1) is 15.4. The molecule has 2 atom stereocenters. The minimum Gasteiger partial charge on any atom is -0.373 e. The van der Waals surface area contributed by atoms with Crippen molar-refractivity contribution in [1.29, 1.82) is 0 Å². The number of methoxy groups -OCH3 is 1. The maximum atomic E-state index is 5.65. The maximum Gasteiger partial charge on any atom is 0.229 e. The second-order valence-corrected chi connectivity index (χ2v) is 5.88. The highest BCUT2D eigenvalue weighted by atomic mass is 16.5. The van der Waals surface area contributed by atoms with E-state index in [1.165, 1.54) is 32.1 Å². The van der Waals surface area contributed by atoms with Gasteiger partial charge in [0.05, 0.1) is 0 Å². The van der Waals surface area contributed by atoms with Crippen LogP contribution in [0.1, 0.15) is 75.6 Å². The van der Waals surface area contributed by atoms with Crippen LogP contribution in [0.4, 0.5) is 0 Å². The summed E-state index contributed by atoms with van der Waals surface area (Å²) in [5.41, 5.74) is 5.54. The zero-order chi connectivity index (χ0) is 14.4. The first-order valence-corrected chi connectivity index (χ1v) is 7.82. The third-order valence-electron chi connectivity index (χ3n) is 4.31. The summed E-state index contributed by atoms with van der Waals surface area (Å²) in [6.45, 7) is 2.81. The Morgan fingerprint density at radius 2 is 2.10 bits per heavy atom. The molecule has 0 amide bonds. The van der Waals surface area contributed by atoms with Gasteiger partial charge in [-0.1, -0.05) is 31.3 Å². The van der Waals surface area contributed by atoms with E-state index in [1.807, 2.05) is 0 Å². The second-order valence-electron chi connectivity index (χ2n) is 5.88. The van der Waals surface area contributed by atoms with Crippen molar-refractivity contribution in [3.63, 3.8) is 0 Å². The molecule has 1 fully saturated rings. The Morgan fingerprint density at radius 1 is 1.35 bits per heavy atom. The van der Waals surface area contributed by atoms with Crippen LogP contribution in [0, 0.1) is 5.92 Å². The van der Waals surface area contributed by atoms with Gasteiger partial charge >= 0.3 is 0 Å².